The lowest BCUT2D eigenvalue weighted by molar-refractivity contribution is 0.411. The van der Waals surface area contributed by atoms with Crippen LogP contribution in [0.1, 0.15) is 11.3 Å². The molecule has 0 fully saturated rings. The molecule has 0 amide bonds. The molecule has 0 N–H and O–H groups in total. The van der Waals surface area contributed by atoms with Crippen LogP contribution in [0, 0.1) is 6.92 Å². The molecule has 0 aromatic carbocycles. The normalized spacial score (nSPS) is 9.27. The van der Waals surface area contributed by atoms with E-state index < -0.39 is 0 Å². The molecule has 1 aromatic rings. The van der Waals surface area contributed by atoms with Crippen LogP contribution in [0.25, 0.3) is 0 Å². The number of ether oxygens (including phenoxy) is 1. The summed E-state index contributed by atoms with van der Waals surface area (Å²) in [6.45, 7) is 1.93. The minimum atomic E-state index is 0.805. The van der Waals surface area contributed by atoms with Gasteiger partial charge in [-0.25, -0.2) is 0 Å². The Bertz CT molecular complexity index is 273. The molecule has 58 valence electrons. The average Bonchev–Trinajstić information content (AvgIpc) is 2.05. The van der Waals surface area contributed by atoms with E-state index in [1.165, 1.54) is 0 Å². The summed E-state index contributed by atoms with van der Waals surface area (Å²) in [5, 5.41) is 1.55. The number of hydrogen-bond acceptors (Lipinski definition) is 3. The van der Waals surface area contributed by atoms with Gasteiger partial charge in [-0.1, -0.05) is 12.2 Å². The molecule has 1 heterocycles. The number of methoxy groups -OCH3 is 1. The molecular formula is C8H9NOS. The number of thiocarbonyl (C=S) groups is 1. The van der Waals surface area contributed by atoms with Crippen LogP contribution in [0.5, 0.6) is 5.75 Å². The summed E-state index contributed by atoms with van der Waals surface area (Å²) in [6, 6.07) is 1.82. The van der Waals surface area contributed by atoms with E-state index in [2.05, 4.69) is 4.98 Å². The molecule has 0 aliphatic carbocycles. The molecule has 0 aliphatic rings. The molecule has 0 saturated carbocycles. The van der Waals surface area contributed by atoms with Gasteiger partial charge in [0.05, 0.1) is 12.8 Å². The van der Waals surface area contributed by atoms with Crippen LogP contribution < -0.4 is 4.74 Å². The first-order valence-electron chi connectivity index (χ1n) is 3.24. The van der Waals surface area contributed by atoms with Gasteiger partial charge in [0.1, 0.15) is 5.75 Å². The fourth-order valence-electron chi connectivity index (χ4n) is 0.873. The van der Waals surface area contributed by atoms with Gasteiger partial charge >= 0.3 is 0 Å². The van der Waals surface area contributed by atoms with E-state index in [0.29, 0.717) is 0 Å². The highest BCUT2D eigenvalue weighted by molar-refractivity contribution is 7.79. The lowest BCUT2D eigenvalue weighted by Crippen LogP contribution is -1.94. The zero-order valence-corrected chi connectivity index (χ0v) is 7.31. The zero-order chi connectivity index (χ0) is 8.27. The monoisotopic (exact) mass is 167 g/mol. The van der Waals surface area contributed by atoms with E-state index in [1.807, 2.05) is 13.0 Å². The van der Waals surface area contributed by atoms with Gasteiger partial charge in [0.25, 0.3) is 0 Å². The molecule has 0 radical (unpaired) electrons. The van der Waals surface area contributed by atoms with Crippen molar-refractivity contribution in [1.82, 2.24) is 4.98 Å². The Hall–Kier alpha value is -0.960. The van der Waals surface area contributed by atoms with Crippen LogP contribution in [-0.2, 0) is 0 Å². The van der Waals surface area contributed by atoms with E-state index in [-0.39, 0.29) is 0 Å². The Labute approximate surface area is 71.2 Å². The van der Waals surface area contributed by atoms with Gasteiger partial charge in [0.15, 0.2) is 0 Å². The van der Waals surface area contributed by atoms with Gasteiger partial charge in [-0.05, 0) is 13.0 Å². The second-order valence-electron chi connectivity index (χ2n) is 2.14. The van der Waals surface area contributed by atoms with Crippen molar-refractivity contribution >= 4 is 17.6 Å². The molecule has 1 rings (SSSR count). The lowest BCUT2D eigenvalue weighted by atomic mass is 10.2. The van der Waals surface area contributed by atoms with E-state index in [0.717, 1.165) is 17.0 Å². The van der Waals surface area contributed by atoms with Gasteiger partial charge in [-0.3, -0.25) is 4.98 Å². The topological polar surface area (TPSA) is 22.1 Å². The Morgan fingerprint density at radius 1 is 1.64 bits per heavy atom. The molecule has 0 atom stereocenters. The molecule has 0 saturated heterocycles. The van der Waals surface area contributed by atoms with Crippen molar-refractivity contribution in [3.05, 3.63) is 23.5 Å². The molecule has 0 aliphatic heterocycles. The first-order chi connectivity index (χ1) is 5.29. The van der Waals surface area contributed by atoms with Gasteiger partial charge in [-0.2, -0.15) is 0 Å². The smallest absolute Gasteiger partial charge is 0.125 e. The molecule has 0 unspecified atom stereocenters. The van der Waals surface area contributed by atoms with Crippen molar-refractivity contribution < 1.29 is 4.74 Å². The van der Waals surface area contributed by atoms with Crippen LogP contribution >= 0.6 is 12.2 Å². The van der Waals surface area contributed by atoms with Gasteiger partial charge in [0, 0.05) is 17.1 Å². The number of hydrogen-bond donors (Lipinski definition) is 0. The number of pyridine rings is 1. The summed E-state index contributed by atoms with van der Waals surface area (Å²) < 4.78 is 5.08. The number of nitrogens with zero attached hydrogens (tertiary/aromatic N) is 1. The zero-order valence-electron chi connectivity index (χ0n) is 6.50. The Balaban J connectivity index is 3.20. The van der Waals surface area contributed by atoms with Crippen LogP contribution in [-0.4, -0.2) is 17.5 Å². The summed E-state index contributed by atoms with van der Waals surface area (Å²) in [6.07, 6.45) is 1.68. The highest BCUT2D eigenvalue weighted by atomic mass is 32.1. The van der Waals surface area contributed by atoms with Crippen LogP contribution in [0.15, 0.2) is 12.3 Å². The quantitative estimate of drug-likeness (QED) is 0.626. The number of aromatic nitrogens is 1. The summed E-state index contributed by atoms with van der Waals surface area (Å²) >= 11 is 4.77. The second-order valence-corrected chi connectivity index (χ2v) is 2.38. The maximum absolute atomic E-state index is 5.08. The van der Waals surface area contributed by atoms with E-state index in [4.69, 9.17) is 17.0 Å². The van der Waals surface area contributed by atoms with Crippen molar-refractivity contribution in [1.29, 1.82) is 0 Å². The molecule has 3 heteroatoms. The summed E-state index contributed by atoms with van der Waals surface area (Å²) in [5.74, 6) is 0.830. The fraction of sp³-hybridized carbons (Fsp3) is 0.250. The minimum absolute atomic E-state index is 0.805. The SMILES string of the molecule is COc1ccnc(C=S)c1C. The molecular weight excluding hydrogens is 158 g/mol. The van der Waals surface area contributed by atoms with Crippen molar-refractivity contribution in [2.24, 2.45) is 0 Å². The van der Waals surface area contributed by atoms with Gasteiger partial charge in [-0.15, -0.1) is 0 Å². The molecule has 0 bridgehead atoms. The van der Waals surface area contributed by atoms with Crippen molar-refractivity contribution in [2.75, 3.05) is 7.11 Å². The van der Waals surface area contributed by atoms with E-state index in [9.17, 15) is 0 Å². The van der Waals surface area contributed by atoms with Gasteiger partial charge < -0.3 is 4.74 Å². The maximum atomic E-state index is 5.08. The first kappa shape index (κ1) is 8.14. The minimum Gasteiger partial charge on any atom is -0.496 e. The largest absolute Gasteiger partial charge is 0.496 e. The Morgan fingerprint density at radius 3 is 2.91 bits per heavy atom. The van der Waals surface area contributed by atoms with Crippen molar-refractivity contribution in [3.63, 3.8) is 0 Å². The third-order valence-corrected chi connectivity index (χ3v) is 1.75. The maximum Gasteiger partial charge on any atom is 0.125 e. The van der Waals surface area contributed by atoms with Gasteiger partial charge in [0.2, 0.25) is 0 Å². The molecule has 1 aromatic heterocycles. The van der Waals surface area contributed by atoms with Crippen LogP contribution in [0.3, 0.4) is 0 Å². The van der Waals surface area contributed by atoms with Crippen LogP contribution in [0.4, 0.5) is 0 Å². The summed E-state index contributed by atoms with van der Waals surface area (Å²) in [7, 11) is 1.63. The number of rotatable bonds is 2. The Kier molecular flexibility index (Phi) is 2.54. The standard InChI is InChI=1S/C8H9NOS/c1-6-7(5-11)9-4-3-8(6)10-2/h3-5H,1-2H3. The molecule has 2 nitrogen and oxygen atoms in total. The fourth-order valence-corrected chi connectivity index (χ4v) is 1.11. The molecule has 0 spiro atoms. The van der Waals surface area contributed by atoms with Crippen molar-refractivity contribution in [3.8, 4) is 5.75 Å². The Morgan fingerprint density at radius 2 is 2.36 bits per heavy atom. The lowest BCUT2D eigenvalue weighted by Gasteiger charge is -2.04. The van der Waals surface area contributed by atoms with Crippen LogP contribution in [0.2, 0.25) is 0 Å². The second kappa shape index (κ2) is 3.44. The third kappa shape index (κ3) is 1.54. The summed E-state index contributed by atoms with van der Waals surface area (Å²) in [4.78, 5) is 4.07. The first-order valence-corrected chi connectivity index (χ1v) is 3.71. The third-order valence-electron chi connectivity index (χ3n) is 1.52. The molecule has 11 heavy (non-hydrogen) atoms. The highest BCUT2D eigenvalue weighted by Crippen LogP contribution is 2.17. The summed E-state index contributed by atoms with van der Waals surface area (Å²) in [5.41, 5.74) is 1.80. The van der Waals surface area contributed by atoms with E-state index in [1.54, 1.807) is 18.7 Å². The predicted octanol–water partition coefficient (Wildman–Crippen LogP) is 1.75. The van der Waals surface area contributed by atoms with E-state index >= 15 is 0 Å². The highest BCUT2D eigenvalue weighted by Gasteiger charge is 2.01. The average molecular weight is 167 g/mol. The predicted molar refractivity (Wildman–Crippen MR) is 48.3 cm³/mol. The van der Waals surface area contributed by atoms with Crippen molar-refractivity contribution in [2.45, 2.75) is 6.92 Å².